The third kappa shape index (κ3) is 3.72. The van der Waals surface area contributed by atoms with Crippen molar-refractivity contribution in [2.75, 3.05) is 18.5 Å². The van der Waals surface area contributed by atoms with Gasteiger partial charge < -0.3 is 15.3 Å². The first-order chi connectivity index (χ1) is 12.0. The van der Waals surface area contributed by atoms with E-state index in [0.717, 1.165) is 17.0 Å². The van der Waals surface area contributed by atoms with Crippen molar-refractivity contribution in [2.24, 2.45) is 5.41 Å². The summed E-state index contributed by atoms with van der Waals surface area (Å²) in [5.41, 5.74) is -0.995. The Morgan fingerprint density at radius 1 is 1.42 bits per heavy atom. The number of halogens is 3. The maximum Gasteiger partial charge on any atom is 0.415 e. The third-order valence-corrected chi connectivity index (χ3v) is 4.79. The van der Waals surface area contributed by atoms with Crippen LogP contribution in [0.1, 0.15) is 20.3 Å². The van der Waals surface area contributed by atoms with Crippen molar-refractivity contribution in [3.8, 4) is 0 Å². The second kappa shape index (κ2) is 7.06. The number of benzene rings is 1. The summed E-state index contributed by atoms with van der Waals surface area (Å²) in [4.78, 5) is 36.8. The molecule has 1 fully saturated rings. The van der Waals surface area contributed by atoms with E-state index >= 15 is 0 Å². The lowest BCUT2D eigenvalue weighted by atomic mass is 9.81. The van der Waals surface area contributed by atoms with Crippen LogP contribution in [0.2, 0.25) is 5.02 Å². The number of hydrogen-bond acceptors (Lipinski definition) is 3. The number of nitrogens with zero attached hydrogens (tertiary/aromatic N) is 2. The van der Waals surface area contributed by atoms with Gasteiger partial charge in [0.25, 0.3) is 0 Å². The number of rotatable bonds is 4. The zero-order chi connectivity index (χ0) is 19.8. The van der Waals surface area contributed by atoms with Gasteiger partial charge in [0, 0.05) is 13.5 Å². The van der Waals surface area contributed by atoms with Crippen molar-refractivity contribution >= 4 is 35.3 Å². The quantitative estimate of drug-likeness (QED) is 0.774. The molecule has 0 radical (unpaired) electrons. The van der Waals surface area contributed by atoms with Crippen LogP contribution in [0.3, 0.4) is 0 Å². The molecule has 0 bridgehead atoms. The van der Waals surface area contributed by atoms with Crippen molar-refractivity contribution in [3.63, 3.8) is 0 Å². The molecule has 0 aromatic heterocycles. The van der Waals surface area contributed by atoms with E-state index in [0.29, 0.717) is 4.90 Å². The van der Waals surface area contributed by atoms with Crippen LogP contribution in [0, 0.1) is 17.0 Å². The van der Waals surface area contributed by atoms with Crippen molar-refractivity contribution in [1.29, 1.82) is 0 Å². The van der Waals surface area contributed by atoms with E-state index in [1.807, 2.05) is 0 Å². The molecule has 1 saturated heterocycles. The Morgan fingerprint density at radius 3 is 2.58 bits per heavy atom. The van der Waals surface area contributed by atoms with Crippen LogP contribution in [0.15, 0.2) is 12.1 Å². The molecular formula is C16H18ClF2N3O4. The fourth-order valence-corrected chi connectivity index (χ4v) is 2.85. The van der Waals surface area contributed by atoms with Crippen LogP contribution < -0.4 is 10.2 Å². The summed E-state index contributed by atoms with van der Waals surface area (Å²) in [5, 5.41) is 10.8. The Kier molecular flexibility index (Phi) is 5.41. The Labute approximate surface area is 153 Å². The summed E-state index contributed by atoms with van der Waals surface area (Å²) in [6.07, 6.45) is -1.50. The van der Waals surface area contributed by atoms with Crippen LogP contribution in [0.5, 0.6) is 0 Å². The fraction of sp³-hybridized carbons (Fsp3) is 0.438. The van der Waals surface area contributed by atoms with Gasteiger partial charge in [-0.1, -0.05) is 25.4 Å². The van der Waals surface area contributed by atoms with E-state index in [1.165, 1.54) is 7.05 Å². The molecule has 26 heavy (non-hydrogen) atoms. The van der Waals surface area contributed by atoms with E-state index < -0.39 is 46.1 Å². The molecule has 1 aromatic carbocycles. The number of imide groups is 1. The number of anilines is 1. The largest absolute Gasteiger partial charge is 0.465 e. The van der Waals surface area contributed by atoms with Gasteiger partial charge >= 0.3 is 12.1 Å². The number of hydrogen-bond donors (Lipinski definition) is 2. The highest BCUT2D eigenvalue weighted by Crippen LogP contribution is 2.32. The van der Waals surface area contributed by atoms with Gasteiger partial charge in [-0.2, -0.15) is 0 Å². The van der Waals surface area contributed by atoms with E-state index in [4.69, 9.17) is 16.7 Å². The van der Waals surface area contributed by atoms with E-state index in [-0.39, 0.29) is 18.7 Å². The van der Waals surface area contributed by atoms with Gasteiger partial charge in [0.05, 0.1) is 18.3 Å². The van der Waals surface area contributed by atoms with Gasteiger partial charge in [-0.25, -0.2) is 23.3 Å². The highest BCUT2D eigenvalue weighted by Gasteiger charge is 2.43. The minimum Gasteiger partial charge on any atom is -0.465 e. The summed E-state index contributed by atoms with van der Waals surface area (Å²) >= 11 is 5.53. The minimum atomic E-state index is -1.38. The summed E-state index contributed by atoms with van der Waals surface area (Å²) in [6.45, 7) is 3.26. The molecule has 1 heterocycles. The van der Waals surface area contributed by atoms with Crippen molar-refractivity contribution in [3.05, 3.63) is 28.8 Å². The number of amides is 4. The number of carboxylic acid groups (broad SMARTS) is 1. The first kappa shape index (κ1) is 19.9. The molecule has 7 nitrogen and oxygen atoms in total. The van der Waals surface area contributed by atoms with E-state index in [1.54, 1.807) is 13.8 Å². The second-order valence-electron chi connectivity index (χ2n) is 6.71. The van der Waals surface area contributed by atoms with Crippen LogP contribution in [0.25, 0.3) is 0 Å². The van der Waals surface area contributed by atoms with Gasteiger partial charge in [-0.3, -0.25) is 4.79 Å². The van der Waals surface area contributed by atoms with Crippen LogP contribution in [-0.2, 0) is 4.79 Å². The van der Waals surface area contributed by atoms with Crippen LogP contribution in [-0.4, -0.2) is 47.7 Å². The zero-order valence-electron chi connectivity index (χ0n) is 14.3. The predicted molar refractivity (Wildman–Crippen MR) is 90.2 cm³/mol. The molecule has 0 spiro atoms. The predicted octanol–water partition coefficient (Wildman–Crippen LogP) is 3.07. The first-order valence-electron chi connectivity index (χ1n) is 7.66. The highest BCUT2D eigenvalue weighted by molar-refractivity contribution is 6.31. The smallest absolute Gasteiger partial charge is 0.415 e. The molecule has 1 aliphatic rings. The molecule has 1 unspecified atom stereocenters. The Morgan fingerprint density at radius 2 is 2.04 bits per heavy atom. The monoisotopic (exact) mass is 389 g/mol. The maximum absolute atomic E-state index is 14.1. The Balaban J connectivity index is 2.14. The van der Waals surface area contributed by atoms with Crippen molar-refractivity contribution in [1.82, 2.24) is 10.2 Å². The van der Waals surface area contributed by atoms with Gasteiger partial charge in [-0.15, -0.1) is 0 Å². The number of carbonyl (C=O) groups is 3. The van der Waals surface area contributed by atoms with Crippen molar-refractivity contribution < 1.29 is 28.3 Å². The fourth-order valence-electron chi connectivity index (χ4n) is 2.69. The topological polar surface area (TPSA) is 90.0 Å². The van der Waals surface area contributed by atoms with Crippen LogP contribution in [0.4, 0.5) is 24.1 Å². The summed E-state index contributed by atoms with van der Waals surface area (Å²) in [6, 6.07) is 0.709. The van der Waals surface area contributed by atoms with Gasteiger partial charge in [-0.05, 0) is 17.5 Å². The number of urea groups is 1. The molecule has 1 aromatic rings. The second-order valence-corrected chi connectivity index (χ2v) is 7.09. The summed E-state index contributed by atoms with van der Waals surface area (Å²) in [5.74, 6) is -2.48. The van der Waals surface area contributed by atoms with Gasteiger partial charge in [0.1, 0.15) is 10.8 Å². The molecular weight excluding hydrogens is 372 g/mol. The molecule has 4 amide bonds. The Bertz CT molecular complexity index is 772. The average molecular weight is 390 g/mol. The minimum absolute atomic E-state index is 0.102. The maximum atomic E-state index is 14.1. The van der Waals surface area contributed by atoms with E-state index in [2.05, 4.69) is 5.32 Å². The average Bonchev–Trinajstić information content (AvgIpc) is 2.95. The number of carbonyl (C=O) groups excluding carboxylic acids is 2. The molecule has 142 valence electrons. The summed E-state index contributed by atoms with van der Waals surface area (Å²) < 4.78 is 27.4. The first-order valence-corrected chi connectivity index (χ1v) is 8.04. The van der Waals surface area contributed by atoms with E-state index in [9.17, 15) is 23.2 Å². The molecule has 1 atom stereocenters. The van der Waals surface area contributed by atoms with Gasteiger partial charge in [0.15, 0.2) is 5.82 Å². The Hall–Kier alpha value is -2.42. The molecule has 2 N–H and O–H groups in total. The number of nitrogens with one attached hydrogen (secondary N) is 1. The highest BCUT2D eigenvalue weighted by atomic mass is 35.5. The SMILES string of the molecule is CN(C(=O)CC(C)(C)C1CN(C(=O)O)C(=O)N1)c1ccc(F)c(Cl)c1F. The molecule has 2 rings (SSSR count). The lowest BCUT2D eigenvalue weighted by molar-refractivity contribution is -0.120. The van der Waals surface area contributed by atoms with Crippen LogP contribution >= 0.6 is 11.6 Å². The zero-order valence-corrected chi connectivity index (χ0v) is 15.1. The van der Waals surface area contributed by atoms with Crippen molar-refractivity contribution in [2.45, 2.75) is 26.3 Å². The molecule has 0 aliphatic carbocycles. The summed E-state index contributed by atoms with van der Waals surface area (Å²) in [7, 11) is 1.32. The lowest BCUT2D eigenvalue weighted by Gasteiger charge is -2.32. The molecule has 10 heteroatoms. The normalized spacial score (nSPS) is 17.2. The standard InChI is InChI=1S/C16H18ClF2N3O4/c1-16(2,10-7-22(15(25)26)14(24)20-10)6-11(23)21(3)9-5-4-8(18)12(17)13(9)19/h4-5,10H,6-7H2,1-3H3,(H,20,24)(H,25,26). The molecule has 1 aliphatic heterocycles. The lowest BCUT2D eigenvalue weighted by Crippen LogP contribution is -2.44. The molecule has 0 saturated carbocycles. The van der Waals surface area contributed by atoms with Gasteiger partial charge in [0.2, 0.25) is 5.91 Å². The third-order valence-electron chi connectivity index (χ3n) is 4.44.